The van der Waals surface area contributed by atoms with Crippen LogP contribution in [0, 0.1) is 5.92 Å². The molecule has 1 aliphatic heterocycles. The molecule has 1 heterocycles. The van der Waals surface area contributed by atoms with Gasteiger partial charge >= 0.3 is 6.03 Å². The summed E-state index contributed by atoms with van der Waals surface area (Å²) in [7, 11) is -0.00990. The highest BCUT2D eigenvalue weighted by molar-refractivity contribution is 7.89. The van der Waals surface area contributed by atoms with Crippen molar-refractivity contribution in [2.45, 2.75) is 43.2 Å². The van der Waals surface area contributed by atoms with Crippen LogP contribution in [-0.4, -0.2) is 63.4 Å². The minimum atomic E-state index is -3.45. The van der Waals surface area contributed by atoms with Crippen LogP contribution in [0.2, 0.25) is 0 Å². The van der Waals surface area contributed by atoms with Crippen LogP contribution in [0.15, 0.2) is 29.2 Å². The van der Waals surface area contributed by atoms with Crippen molar-refractivity contribution in [1.82, 2.24) is 19.8 Å². The number of nitrogens with one attached hydrogen (secondary N) is 2. The van der Waals surface area contributed by atoms with Crippen molar-refractivity contribution in [3.05, 3.63) is 29.8 Å². The van der Waals surface area contributed by atoms with E-state index < -0.39 is 10.0 Å². The zero-order valence-electron chi connectivity index (χ0n) is 16.3. The Morgan fingerprint density at radius 1 is 1.07 bits per heavy atom. The molecule has 0 aromatic heterocycles. The third-order valence-corrected chi connectivity index (χ3v) is 6.65. The summed E-state index contributed by atoms with van der Waals surface area (Å²) >= 11 is 0. The first kappa shape index (κ1) is 20.6. The Kier molecular flexibility index (Phi) is 6.24. The van der Waals surface area contributed by atoms with Gasteiger partial charge < -0.3 is 15.1 Å². The van der Waals surface area contributed by atoms with Gasteiger partial charge in [-0.25, -0.2) is 17.9 Å². The van der Waals surface area contributed by atoms with Gasteiger partial charge in [0.2, 0.25) is 15.9 Å². The predicted molar refractivity (Wildman–Crippen MR) is 105 cm³/mol. The number of amides is 3. The summed E-state index contributed by atoms with van der Waals surface area (Å²) in [5.74, 6) is -0.127. The summed E-state index contributed by atoms with van der Waals surface area (Å²) in [5, 5.41) is 2.92. The fraction of sp³-hybridized carbons (Fsp3) is 0.579. The van der Waals surface area contributed by atoms with E-state index in [0.717, 1.165) is 18.4 Å². The third-order valence-electron chi connectivity index (χ3n) is 5.12. The summed E-state index contributed by atoms with van der Waals surface area (Å²) in [6.07, 6.45) is 3.09. The molecule has 0 bridgehead atoms. The van der Waals surface area contributed by atoms with E-state index in [1.165, 1.54) is 0 Å². The van der Waals surface area contributed by atoms with E-state index in [4.69, 9.17) is 0 Å². The molecule has 0 radical (unpaired) electrons. The lowest BCUT2D eigenvalue weighted by molar-refractivity contribution is -0.126. The summed E-state index contributed by atoms with van der Waals surface area (Å²) in [4.78, 5) is 27.9. The summed E-state index contributed by atoms with van der Waals surface area (Å²) in [6, 6.07) is 6.63. The Balaban J connectivity index is 1.46. The van der Waals surface area contributed by atoms with Gasteiger partial charge in [-0.3, -0.25) is 4.79 Å². The molecule has 9 heteroatoms. The van der Waals surface area contributed by atoms with Gasteiger partial charge in [0.1, 0.15) is 0 Å². The maximum absolute atomic E-state index is 12.4. The van der Waals surface area contributed by atoms with Gasteiger partial charge in [0.05, 0.1) is 4.90 Å². The van der Waals surface area contributed by atoms with E-state index in [-0.39, 0.29) is 28.8 Å². The third kappa shape index (κ3) is 5.23. The van der Waals surface area contributed by atoms with Gasteiger partial charge in [-0.15, -0.1) is 0 Å². The van der Waals surface area contributed by atoms with Gasteiger partial charge in [0.15, 0.2) is 0 Å². The zero-order valence-corrected chi connectivity index (χ0v) is 17.2. The fourth-order valence-corrected chi connectivity index (χ4v) is 4.53. The normalized spacial score (nSPS) is 18.0. The van der Waals surface area contributed by atoms with E-state index in [1.54, 1.807) is 48.2 Å². The number of piperidine rings is 1. The smallest absolute Gasteiger partial charge is 0.319 e. The van der Waals surface area contributed by atoms with Crippen molar-refractivity contribution in [2.24, 2.45) is 5.92 Å². The van der Waals surface area contributed by atoms with Crippen LogP contribution < -0.4 is 10.0 Å². The Hall–Kier alpha value is -2.13. The summed E-state index contributed by atoms with van der Waals surface area (Å²) in [6.45, 7) is 1.51. The number of carbonyl (C=O) groups is 2. The van der Waals surface area contributed by atoms with E-state index >= 15 is 0 Å². The molecule has 2 N–H and O–H groups in total. The van der Waals surface area contributed by atoms with Crippen LogP contribution in [-0.2, 0) is 21.4 Å². The Morgan fingerprint density at radius 3 is 2.21 bits per heavy atom. The van der Waals surface area contributed by atoms with Crippen molar-refractivity contribution in [1.29, 1.82) is 0 Å². The molecule has 3 rings (SSSR count). The number of benzene rings is 1. The molecule has 1 saturated carbocycles. The quantitative estimate of drug-likeness (QED) is 0.737. The molecule has 1 aromatic rings. The minimum absolute atomic E-state index is 0.0231. The first-order chi connectivity index (χ1) is 13.3. The highest BCUT2D eigenvalue weighted by Crippen LogP contribution is 2.22. The molecule has 3 amide bonds. The highest BCUT2D eigenvalue weighted by Gasteiger charge is 2.29. The second kappa shape index (κ2) is 8.48. The van der Waals surface area contributed by atoms with E-state index in [9.17, 15) is 18.0 Å². The SMILES string of the molecule is CN(C)C(=O)N1CCC(C(=O)NCc2ccc(S(=O)(=O)NC3CC3)cc2)CC1. The van der Waals surface area contributed by atoms with Crippen molar-refractivity contribution in [3.63, 3.8) is 0 Å². The van der Waals surface area contributed by atoms with E-state index in [1.807, 2.05) is 0 Å². The average molecular weight is 409 g/mol. The van der Waals surface area contributed by atoms with Crippen molar-refractivity contribution in [2.75, 3.05) is 27.2 Å². The van der Waals surface area contributed by atoms with Crippen LogP contribution in [0.4, 0.5) is 4.79 Å². The van der Waals surface area contributed by atoms with Crippen molar-refractivity contribution in [3.8, 4) is 0 Å². The van der Waals surface area contributed by atoms with Gasteiger partial charge in [0, 0.05) is 45.7 Å². The number of rotatable bonds is 6. The molecule has 154 valence electrons. The topological polar surface area (TPSA) is 98.8 Å². The fourth-order valence-electron chi connectivity index (χ4n) is 3.22. The lowest BCUT2D eigenvalue weighted by Crippen LogP contribution is -2.46. The number of carbonyl (C=O) groups excluding carboxylic acids is 2. The van der Waals surface area contributed by atoms with Gasteiger partial charge in [0.25, 0.3) is 0 Å². The van der Waals surface area contributed by atoms with Crippen LogP contribution in [0.5, 0.6) is 0 Å². The minimum Gasteiger partial charge on any atom is -0.352 e. The maximum atomic E-state index is 12.4. The number of hydrogen-bond donors (Lipinski definition) is 2. The van der Waals surface area contributed by atoms with Crippen LogP contribution in [0.3, 0.4) is 0 Å². The molecule has 28 heavy (non-hydrogen) atoms. The van der Waals surface area contributed by atoms with E-state index in [0.29, 0.717) is 32.5 Å². The second-order valence-electron chi connectivity index (χ2n) is 7.70. The largest absolute Gasteiger partial charge is 0.352 e. The van der Waals surface area contributed by atoms with E-state index in [2.05, 4.69) is 10.0 Å². The molecule has 1 aromatic carbocycles. The zero-order chi connectivity index (χ0) is 20.3. The molecule has 1 saturated heterocycles. The molecular weight excluding hydrogens is 380 g/mol. The Bertz CT molecular complexity index is 811. The Morgan fingerprint density at radius 2 is 1.68 bits per heavy atom. The molecule has 0 atom stereocenters. The highest BCUT2D eigenvalue weighted by atomic mass is 32.2. The second-order valence-corrected chi connectivity index (χ2v) is 9.41. The molecule has 2 aliphatic rings. The molecular formula is C19H28N4O4S. The first-order valence-electron chi connectivity index (χ1n) is 9.61. The lowest BCUT2D eigenvalue weighted by Gasteiger charge is -2.33. The monoisotopic (exact) mass is 408 g/mol. The number of sulfonamides is 1. The molecule has 2 fully saturated rings. The van der Waals surface area contributed by atoms with Gasteiger partial charge in [-0.05, 0) is 43.4 Å². The summed E-state index contributed by atoms with van der Waals surface area (Å²) in [5.41, 5.74) is 0.846. The first-order valence-corrected chi connectivity index (χ1v) is 11.1. The summed E-state index contributed by atoms with van der Waals surface area (Å²) < 4.78 is 27.0. The van der Waals surface area contributed by atoms with Crippen LogP contribution in [0.1, 0.15) is 31.2 Å². The Labute approximate surface area is 166 Å². The standard InChI is InChI=1S/C19H28N4O4S/c1-22(2)19(25)23-11-9-15(10-12-23)18(24)20-13-14-3-7-17(8-4-14)28(26,27)21-16-5-6-16/h3-4,7-8,15-16,21H,5-6,9-13H2,1-2H3,(H,20,24). The van der Waals surface area contributed by atoms with Gasteiger partial charge in [-0.2, -0.15) is 0 Å². The van der Waals surface area contributed by atoms with Crippen LogP contribution in [0.25, 0.3) is 0 Å². The number of hydrogen-bond acceptors (Lipinski definition) is 4. The molecule has 8 nitrogen and oxygen atoms in total. The molecule has 0 unspecified atom stereocenters. The average Bonchev–Trinajstić information content (AvgIpc) is 3.49. The van der Waals surface area contributed by atoms with Crippen LogP contribution >= 0.6 is 0 Å². The number of urea groups is 1. The number of likely N-dealkylation sites (tertiary alicyclic amines) is 1. The van der Waals surface area contributed by atoms with Crippen molar-refractivity contribution >= 4 is 22.0 Å². The number of nitrogens with zero attached hydrogens (tertiary/aromatic N) is 2. The molecule has 1 aliphatic carbocycles. The molecule has 0 spiro atoms. The lowest BCUT2D eigenvalue weighted by atomic mass is 9.96. The maximum Gasteiger partial charge on any atom is 0.319 e. The van der Waals surface area contributed by atoms with Crippen molar-refractivity contribution < 1.29 is 18.0 Å². The predicted octanol–water partition coefficient (Wildman–Crippen LogP) is 1.14. The van der Waals surface area contributed by atoms with Gasteiger partial charge in [-0.1, -0.05) is 12.1 Å².